The molecule has 0 atom stereocenters. The van der Waals surface area contributed by atoms with Crippen LogP contribution in [0.25, 0.3) is 0 Å². The van der Waals surface area contributed by atoms with Gasteiger partial charge in [-0.15, -0.1) is 0 Å². The van der Waals surface area contributed by atoms with E-state index in [1.165, 1.54) is 57.1 Å². The van der Waals surface area contributed by atoms with Gasteiger partial charge in [0.05, 0.1) is 19.8 Å². The molecule has 0 unspecified atom stereocenters. The van der Waals surface area contributed by atoms with Crippen molar-refractivity contribution < 1.29 is 9.53 Å². The Balaban J connectivity index is 1.51. The van der Waals surface area contributed by atoms with E-state index < -0.39 is 0 Å². The Labute approximate surface area is 182 Å². The minimum Gasteiger partial charge on any atom is -0.465 e. The smallest absolute Gasteiger partial charge is 0.320 e. The highest BCUT2D eigenvalue weighted by Gasteiger charge is 2.52. The van der Waals surface area contributed by atoms with E-state index in [2.05, 4.69) is 59.1 Å². The van der Waals surface area contributed by atoms with Crippen molar-refractivity contribution in [2.75, 3.05) is 47.0 Å². The minimum absolute atomic E-state index is 0.0825. The molecule has 1 saturated heterocycles. The first-order valence-corrected chi connectivity index (χ1v) is 11.8. The van der Waals surface area contributed by atoms with E-state index >= 15 is 0 Å². The Hall–Kier alpha value is -1.43. The largest absolute Gasteiger partial charge is 0.465 e. The molecule has 1 heterocycles. The molecule has 2 saturated carbocycles. The van der Waals surface area contributed by atoms with Crippen LogP contribution in [0.1, 0.15) is 57.4 Å². The second-order valence-electron chi connectivity index (χ2n) is 9.97. The highest BCUT2D eigenvalue weighted by atomic mass is 16.5. The maximum absolute atomic E-state index is 12.2. The number of carbonyl (C=O) groups excluding carboxylic acids is 1. The first-order valence-electron chi connectivity index (χ1n) is 11.8. The Bertz CT molecular complexity index is 708. The Kier molecular flexibility index (Phi) is 6.52. The first-order chi connectivity index (χ1) is 14.5. The maximum Gasteiger partial charge on any atom is 0.320 e. The number of carbonyl (C=O) groups is 1. The van der Waals surface area contributed by atoms with Crippen molar-refractivity contribution >= 4 is 5.97 Å². The minimum atomic E-state index is -0.0825. The van der Waals surface area contributed by atoms with Gasteiger partial charge in [0.2, 0.25) is 0 Å². The van der Waals surface area contributed by atoms with E-state index in [4.69, 9.17) is 4.74 Å². The molecule has 0 aromatic heterocycles. The number of benzene rings is 1. The third-order valence-corrected chi connectivity index (χ3v) is 8.10. The van der Waals surface area contributed by atoms with Gasteiger partial charge in [0, 0.05) is 24.2 Å². The van der Waals surface area contributed by atoms with Gasteiger partial charge >= 0.3 is 5.97 Å². The van der Waals surface area contributed by atoms with E-state index in [1.54, 1.807) is 0 Å². The summed E-state index contributed by atoms with van der Waals surface area (Å²) in [6.07, 6.45) is 8.83. The summed E-state index contributed by atoms with van der Waals surface area (Å²) >= 11 is 0. The van der Waals surface area contributed by atoms with E-state index in [1.807, 2.05) is 6.92 Å². The van der Waals surface area contributed by atoms with Gasteiger partial charge in [-0.2, -0.15) is 0 Å². The first kappa shape index (κ1) is 21.8. The number of hydrogen-bond donors (Lipinski definition) is 0. The molecule has 1 aliphatic heterocycles. The number of rotatable bonds is 7. The zero-order chi connectivity index (χ0) is 21.2. The molecule has 3 fully saturated rings. The lowest BCUT2D eigenvalue weighted by Gasteiger charge is -2.52. The van der Waals surface area contributed by atoms with E-state index in [0.717, 1.165) is 19.1 Å². The lowest BCUT2D eigenvalue weighted by atomic mass is 9.68. The normalized spacial score (nSPS) is 30.7. The van der Waals surface area contributed by atoms with Crippen molar-refractivity contribution in [2.24, 2.45) is 5.92 Å². The molecule has 4 rings (SSSR count). The number of nitrogens with zero attached hydrogens (tertiary/aromatic N) is 3. The van der Waals surface area contributed by atoms with Gasteiger partial charge in [0.25, 0.3) is 0 Å². The molecule has 0 radical (unpaired) electrons. The zero-order valence-electron chi connectivity index (χ0n) is 19.1. The van der Waals surface area contributed by atoms with Crippen molar-refractivity contribution in [1.82, 2.24) is 14.7 Å². The summed E-state index contributed by atoms with van der Waals surface area (Å²) < 4.78 is 5.24. The summed E-state index contributed by atoms with van der Waals surface area (Å²) in [7, 11) is 4.47. The molecule has 0 N–H and O–H groups in total. The van der Waals surface area contributed by atoms with Gasteiger partial charge in [0.15, 0.2) is 0 Å². The van der Waals surface area contributed by atoms with Crippen molar-refractivity contribution in [2.45, 2.75) is 62.9 Å². The fourth-order valence-electron chi connectivity index (χ4n) is 6.04. The molecule has 2 aliphatic carbocycles. The van der Waals surface area contributed by atoms with Crippen LogP contribution in [-0.4, -0.2) is 73.2 Å². The Morgan fingerprint density at radius 3 is 2.40 bits per heavy atom. The van der Waals surface area contributed by atoms with Crippen LogP contribution in [-0.2, 0) is 15.1 Å². The Morgan fingerprint density at radius 1 is 1.13 bits per heavy atom. The SMILES string of the molecule is CCOC(=O)CN1CN(CC2CCC2)[C@]2(CC[C@@](c3ccccc3)(N(C)C)CC2)C1. The summed E-state index contributed by atoms with van der Waals surface area (Å²) in [4.78, 5) is 19.7. The summed E-state index contributed by atoms with van der Waals surface area (Å²) in [6.45, 7) is 5.88. The zero-order valence-corrected chi connectivity index (χ0v) is 19.1. The van der Waals surface area contributed by atoms with Crippen LogP contribution < -0.4 is 0 Å². The molecule has 1 aromatic carbocycles. The molecule has 3 aliphatic rings. The quantitative estimate of drug-likeness (QED) is 0.637. The van der Waals surface area contributed by atoms with Crippen molar-refractivity contribution in [3.63, 3.8) is 0 Å². The topological polar surface area (TPSA) is 36.0 Å². The molecule has 1 spiro atoms. The van der Waals surface area contributed by atoms with Crippen LogP contribution in [0.15, 0.2) is 30.3 Å². The molecule has 166 valence electrons. The van der Waals surface area contributed by atoms with Crippen molar-refractivity contribution in [1.29, 1.82) is 0 Å². The fraction of sp³-hybridized carbons (Fsp3) is 0.720. The Morgan fingerprint density at radius 2 is 1.83 bits per heavy atom. The average Bonchev–Trinajstić information content (AvgIpc) is 3.02. The predicted molar refractivity (Wildman–Crippen MR) is 120 cm³/mol. The van der Waals surface area contributed by atoms with Gasteiger partial charge in [-0.3, -0.25) is 19.5 Å². The van der Waals surface area contributed by atoms with Crippen LogP contribution in [0.4, 0.5) is 0 Å². The van der Waals surface area contributed by atoms with Crippen LogP contribution in [0.5, 0.6) is 0 Å². The molecule has 1 aromatic rings. The number of hydrogen-bond acceptors (Lipinski definition) is 5. The van der Waals surface area contributed by atoms with Crippen molar-refractivity contribution in [3.05, 3.63) is 35.9 Å². The standard InChI is InChI=1S/C25H39N3O2/c1-4-30-23(29)18-27-19-24(28(20-27)17-21-9-8-10-21)13-15-25(16-14-24,26(2)3)22-11-6-5-7-12-22/h5-7,11-12,21H,4,8-10,13-20H2,1-3H3/t24-,25+. The summed E-state index contributed by atoms with van der Waals surface area (Å²) in [5.41, 5.74) is 1.76. The van der Waals surface area contributed by atoms with Gasteiger partial charge in [-0.25, -0.2) is 0 Å². The molecular formula is C25H39N3O2. The highest BCUT2D eigenvalue weighted by molar-refractivity contribution is 5.71. The van der Waals surface area contributed by atoms with Crippen molar-refractivity contribution in [3.8, 4) is 0 Å². The van der Waals surface area contributed by atoms with E-state index in [0.29, 0.717) is 13.2 Å². The molecule has 5 nitrogen and oxygen atoms in total. The summed E-state index contributed by atoms with van der Waals surface area (Å²) in [6, 6.07) is 11.1. The van der Waals surface area contributed by atoms with Crippen LogP contribution in [0.2, 0.25) is 0 Å². The maximum atomic E-state index is 12.2. The van der Waals surface area contributed by atoms with Crippen LogP contribution in [0, 0.1) is 5.92 Å². The molecule has 5 heteroatoms. The third kappa shape index (κ3) is 4.17. The van der Waals surface area contributed by atoms with Crippen LogP contribution in [0.3, 0.4) is 0 Å². The number of ether oxygens (including phenoxy) is 1. The highest BCUT2D eigenvalue weighted by Crippen LogP contribution is 2.49. The van der Waals surface area contributed by atoms with Gasteiger partial charge < -0.3 is 4.74 Å². The van der Waals surface area contributed by atoms with E-state index in [-0.39, 0.29) is 17.0 Å². The average molecular weight is 414 g/mol. The van der Waals surface area contributed by atoms with Gasteiger partial charge in [-0.05, 0) is 71.0 Å². The fourth-order valence-corrected chi connectivity index (χ4v) is 6.04. The lowest BCUT2D eigenvalue weighted by molar-refractivity contribution is -0.144. The molecule has 0 bridgehead atoms. The summed E-state index contributed by atoms with van der Waals surface area (Å²) in [5.74, 6) is 0.764. The lowest BCUT2D eigenvalue weighted by Crippen LogP contribution is -2.56. The second kappa shape index (κ2) is 8.97. The number of esters is 1. The molecule has 30 heavy (non-hydrogen) atoms. The molecular weight excluding hydrogens is 374 g/mol. The van der Waals surface area contributed by atoms with E-state index in [9.17, 15) is 4.79 Å². The predicted octanol–water partition coefficient (Wildman–Crippen LogP) is 3.69. The van der Waals surface area contributed by atoms with Gasteiger partial charge in [0.1, 0.15) is 0 Å². The van der Waals surface area contributed by atoms with Gasteiger partial charge in [-0.1, -0.05) is 36.8 Å². The van der Waals surface area contributed by atoms with Crippen LogP contribution >= 0.6 is 0 Å². The monoisotopic (exact) mass is 413 g/mol. The summed E-state index contributed by atoms with van der Waals surface area (Å²) in [5, 5.41) is 0. The molecule has 0 amide bonds. The third-order valence-electron chi connectivity index (χ3n) is 8.10. The second-order valence-corrected chi connectivity index (χ2v) is 9.97.